The molecule has 0 spiro atoms. The lowest BCUT2D eigenvalue weighted by Gasteiger charge is -2.15. The van der Waals surface area contributed by atoms with Crippen LogP contribution in [0.4, 0.5) is 0 Å². The molecule has 5 nitrogen and oxygen atoms in total. The number of aryl methyl sites for hydroxylation is 2. The second-order valence-corrected chi connectivity index (χ2v) is 7.23. The van der Waals surface area contributed by atoms with Gasteiger partial charge in [0.15, 0.2) is 0 Å². The molecular formula is C14H18ClN3O2S. The Balaban J connectivity index is 2.08. The van der Waals surface area contributed by atoms with Crippen LogP contribution < -0.4 is 4.72 Å². The number of aromatic nitrogens is 2. The molecule has 0 aliphatic carbocycles. The summed E-state index contributed by atoms with van der Waals surface area (Å²) >= 11 is 5.76. The largest absolute Gasteiger partial charge is 0.266 e. The number of halogens is 1. The van der Waals surface area contributed by atoms with Crippen LogP contribution in [0.3, 0.4) is 0 Å². The number of sulfonamides is 1. The van der Waals surface area contributed by atoms with Crippen molar-refractivity contribution in [2.75, 3.05) is 6.54 Å². The zero-order chi connectivity index (χ0) is 15.6. The van der Waals surface area contributed by atoms with Gasteiger partial charge in [-0.25, -0.2) is 13.1 Å². The average molecular weight is 328 g/mol. The van der Waals surface area contributed by atoms with Crippen molar-refractivity contribution in [3.8, 4) is 0 Å². The maximum absolute atomic E-state index is 12.2. The van der Waals surface area contributed by atoms with Crippen molar-refractivity contribution in [2.45, 2.75) is 31.7 Å². The monoisotopic (exact) mass is 327 g/mol. The lowest BCUT2D eigenvalue weighted by molar-refractivity contribution is 0.467. The van der Waals surface area contributed by atoms with Gasteiger partial charge < -0.3 is 0 Å². The Hall–Kier alpha value is -1.37. The maximum Gasteiger partial charge on any atom is 0.240 e. The Kier molecular flexibility index (Phi) is 4.70. The first-order chi connectivity index (χ1) is 9.79. The van der Waals surface area contributed by atoms with Gasteiger partial charge in [-0.1, -0.05) is 11.6 Å². The van der Waals surface area contributed by atoms with Crippen molar-refractivity contribution in [1.82, 2.24) is 14.5 Å². The molecule has 2 rings (SSSR count). The van der Waals surface area contributed by atoms with Crippen molar-refractivity contribution in [2.24, 2.45) is 0 Å². The van der Waals surface area contributed by atoms with Gasteiger partial charge in [-0.05, 0) is 51.1 Å². The molecular weight excluding hydrogens is 310 g/mol. The summed E-state index contributed by atoms with van der Waals surface area (Å²) in [6.45, 7) is 6.05. The molecule has 0 unspecified atom stereocenters. The van der Waals surface area contributed by atoms with Gasteiger partial charge in [-0.2, -0.15) is 5.10 Å². The lowest BCUT2D eigenvalue weighted by atomic mass is 10.3. The number of hydrogen-bond acceptors (Lipinski definition) is 3. The molecule has 2 aromatic rings. The normalized spacial score (nSPS) is 13.3. The summed E-state index contributed by atoms with van der Waals surface area (Å²) in [6.07, 6.45) is 0. The zero-order valence-electron chi connectivity index (χ0n) is 12.2. The average Bonchev–Trinajstić information content (AvgIpc) is 2.76. The molecule has 21 heavy (non-hydrogen) atoms. The summed E-state index contributed by atoms with van der Waals surface area (Å²) in [5, 5.41) is 4.86. The van der Waals surface area contributed by atoms with Crippen LogP contribution in [0.5, 0.6) is 0 Å². The molecule has 0 saturated carbocycles. The summed E-state index contributed by atoms with van der Waals surface area (Å²) in [6, 6.07) is 7.98. The summed E-state index contributed by atoms with van der Waals surface area (Å²) in [7, 11) is -3.54. The van der Waals surface area contributed by atoms with Crippen LogP contribution in [-0.4, -0.2) is 24.7 Å². The molecule has 1 N–H and O–H groups in total. The standard InChI is InChI=1S/C14H18ClN3O2S/c1-10-8-11(2)18(17-10)12(3)9-16-21(19,20)14-6-4-13(15)5-7-14/h4-8,12,16H,9H2,1-3H3/t12-/m0/s1. The van der Waals surface area contributed by atoms with E-state index in [2.05, 4.69) is 9.82 Å². The molecule has 1 aromatic heterocycles. The third-order valence-electron chi connectivity index (χ3n) is 3.15. The van der Waals surface area contributed by atoms with E-state index in [1.807, 2.05) is 31.5 Å². The number of hydrogen-bond donors (Lipinski definition) is 1. The molecule has 0 amide bonds. The summed E-state index contributed by atoms with van der Waals surface area (Å²) in [5.74, 6) is 0. The van der Waals surface area contributed by atoms with Gasteiger partial charge in [-0.3, -0.25) is 4.68 Å². The maximum atomic E-state index is 12.2. The molecule has 1 heterocycles. The van der Waals surface area contributed by atoms with Gasteiger partial charge in [0, 0.05) is 17.3 Å². The van der Waals surface area contributed by atoms with E-state index in [0.29, 0.717) is 5.02 Å². The first kappa shape index (κ1) is 16.0. The highest BCUT2D eigenvalue weighted by Crippen LogP contribution is 2.15. The topological polar surface area (TPSA) is 64.0 Å². The molecule has 0 saturated heterocycles. The van der Waals surface area contributed by atoms with Gasteiger partial charge in [0.2, 0.25) is 10.0 Å². The highest BCUT2D eigenvalue weighted by molar-refractivity contribution is 7.89. The smallest absolute Gasteiger partial charge is 0.240 e. The van der Waals surface area contributed by atoms with Crippen LogP contribution in [0.25, 0.3) is 0 Å². The summed E-state index contributed by atoms with van der Waals surface area (Å²) in [5.41, 5.74) is 1.92. The van der Waals surface area contributed by atoms with E-state index in [-0.39, 0.29) is 17.5 Å². The highest BCUT2D eigenvalue weighted by atomic mass is 35.5. The van der Waals surface area contributed by atoms with E-state index in [1.165, 1.54) is 12.1 Å². The third-order valence-corrected chi connectivity index (χ3v) is 4.85. The Labute approximate surface area is 130 Å². The third kappa shape index (κ3) is 3.84. The fourth-order valence-electron chi connectivity index (χ4n) is 2.11. The van der Waals surface area contributed by atoms with Gasteiger partial charge in [0.25, 0.3) is 0 Å². The van der Waals surface area contributed by atoms with E-state index in [9.17, 15) is 8.42 Å². The predicted octanol–water partition coefficient (Wildman–Crippen LogP) is 2.69. The number of benzene rings is 1. The Morgan fingerprint density at radius 3 is 2.43 bits per heavy atom. The van der Waals surface area contributed by atoms with Gasteiger partial charge in [-0.15, -0.1) is 0 Å². The van der Waals surface area contributed by atoms with Crippen LogP contribution in [0.1, 0.15) is 24.4 Å². The fraction of sp³-hybridized carbons (Fsp3) is 0.357. The molecule has 7 heteroatoms. The van der Waals surface area contributed by atoms with Crippen LogP contribution in [-0.2, 0) is 10.0 Å². The van der Waals surface area contributed by atoms with Crippen LogP contribution >= 0.6 is 11.6 Å². The van der Waals surface area contributed by atoms with Gasteiger partial charge >= 0.3 is 0 Å². The van der Waals surface area contributed by atoms with E-state index in [4.69, 9.17) is 11.6 Å². The Bertz CT molecular complexity index is 723. The summed E-state index contributed by atoms with van der Waals surface area (Å²) < 4.78 is 28.8. The molecule has 0 fully saturated rings. The van der Waals surface area contributed by atoms with Crippen molar-refractivity contribution in [1.29, 1.82) is 0 Å². The first-order valence-corrected chi connectivity index (χ1v) is 8.43. The minimum absolute atomic E-state index is 0.0687. The van der Waals surface area contributed by atoms with Crippen LogP contribution in [0, 0.1) is 13.8 Å². The lowest BCUT2D eigenvalue weighted by Crippen LogP contribution is -2.30. The minimum Gasteiger partial charge on any atom is -0.266 e. The SMILES string of the molecule is Cc1cc(C)n([C@@H](C)CNS(=O)(=O)c2ccc(Cl)cc2)n1. The van der Waals surface area contributed by atoms with Gasteiger partial charge in [0.05, 0.1) is 16.6 Å². The summed E-state index contributed by atoms with van der Waals surface area (Å²) in [4.78, 5) is 0.201. The molecule has 1 aromatic carbocycles. The van der Waals surface area contributed by atoms with Crippen molar-refractivity contribution < 1.29 is 8.42 Å². The second kappa shape index (κ2) is 6.17. The molecule has 0 aliphatic rings. The van der Waals surface area contributed by atoms with E-state index in [1.54, 1.807) is 12.1 Å². The number of nitrogens with one attached hydrogen (secondary N) is 1. The Morgan fingerprint density at radius 1 is 1.29 bits per heavy atom. The van der Waals surface area contributed by atoms with E-state index in [0.717, 1.165) is 11.4 Å². The van der Waals surface area contributed by atoms with E-state index >= 15 is 0 Å². The molecule has 114 valence electrons. The zero-order valence-corrected chi connectivity index (χ0v) is 13.7. The fourth-order valence-corrected chi connectivity index (χ4v) is 3.35. The quantitative estimate of drug-likeness (QED) is 0.918. The van der Waals surface area contributed by atoms with Crippen LogP contribution in [0.2, 0.25) is 5.02 Å². The van der Waals surface area contributed by atoms with Gasteiger partial charge in [0.1, 0.15) is 0 Å². The predicted molar refractivity (Wildman–Crippen MR) is 83.1 cm³/mol. The number of nitrogens with zero attached hydrogens (tertiary/aromatic N) is 2. The van der Waals surface area contributed by atoms with E-state index < -0.39 is 10.0 Å². The highest BCUT2D eigenvalue weighted by Gasteiger charge is 2.16. The van der Waals surface area contributed by atoms with Crippen LogP contribution in [0.15, 0.2) is 35.2 Å². The second-order valence-electron chi connectivity index (χ2n) is 5.03. The van der Waals surface area contributed by atoms with Crippen molar-refractivity contribution in [3.05, 3.63) is 46.7 Å². The van der Waals surface area contributed by atoms with Crippen molar-refractivity contribution in [3.63, 3.8) is 0 Å². The molecule has 0 bridgehead atoms. The Morgan fingerprint density at radius 2 is 1.90 bits per heavy atom. The number of rotatable bonds is 5. The molecule has 0 aliphatic heterocycles. The molecule has 1 atom stereocenters. The molecule has 0 radical (unpaired) electrons. The van der Waals surface area contributed by atoms with Crippen molar-refractivity contribution >= 4 is 21.6 Å². The minimum atomic E-state index is -3.54. The first-order valence-electron chi connectivity index (χ1n) is 6.57.